The predicted molar refractivity (Wildman–Crippen MR) is 85.5 cm³/mol. The zero-order chi connectivity index (χ0) is 18.4. The number of carbonyl (C=O) groups excluding carboxylic acids is 3. The van der Waals surface area contributed by atoms with Crippen molar-refractivity contribution in [2.24, 2.45) is 11.8 Å². The van der Waals surface area contributed by atoms with E-state index in [1.165, 1.54) is 13.1 Å². The van der Waals surface area contributed by atoms with E-state index in [1.54, 1.807) is 37.4 Å². The van der Waals surface area contributed by atoms with Crippen molar-refractivity contribution in [2.45, 2.75) is 31.8 Å². The number of hydrogen-bond acceptors (Lipinski definition) is 4. The quantitative estimate of drug-likeness (QED) is 0.630. The van der Waals surface area contributed by atoms with Crippen LogP contribution in [0.4, 0.5) is 4.39 Å². The Hall–Kier alpha value is -2.28. The molecule has 0 bridgehead atoms. The number of esters is 1. The van der Waals surface area contributed by atoms with E-state index in [0.29, 0.717) is 12.0 Å². The normalized spacial score (nSPS) is 31.4. The minimum Gasteiger partial charge on any atom is -0.461 e. The van der Waals surface area contributed by atoms with Crippen LogP contribution < -0.4 is 5.32 Å². The van der Waals surface area contributed by atoms with Gasteiger partial charge in [-0.3, -0.25) is 14.5 Å². The highest BCUT2D eigenvalue weighted by Gasteiger charge is 2.71. The summed E-state index contributed by atoms with van der Waals surface area (Å²) in [7, 11) is 1.41. The lowest BCUT2D eigenvalue weighted by atomic mass is 9.78. The van der Waals surface area contributed by atoms with Crippen LogP contribution in [0.1, 0.15) is 31.9 Å². The summed E-state index contributed by atoms with van der Waals surface area (Å²) in [6, 6.07) is 5.52. The van der Waals surface area contributed by atoms with Gasteiger partial charge in [0.1, 0.15) is 23.7 Å². The van der Waals surface area contributed by atoms with Gasteiger partial charge in [-0.05, 0) is 13.0 Å². The number of halogens is 1. The number of amides is 2. The average Bonchev–Trinajstić information content (AvgIpc) is 3.06. The van der Waals surface area contributed by atoms with Gasteiger partial charge in [-0.25, -0.2) is 9.18 Å². The van der Waals surface area contributed by atoms with Gasteiger partial charge in [0, 0.05) is 19.0 Å². The molecular formula is C18H22FN2O4+. The third-order valence-electron chi connectivity index (χ3n) is 5.50. The van der Waals surface area contributed by atoms with Crippen LogP contribution >= 0.6 is 0 Å². The Kier molecular flexibility index (Phi) is 4.36. The molecular weight excluding hydrogens is 327 g/mol. The maximum atomic E-state index is 14.4. The van der Waals surface area contributed by atoms with Crippen LogP contribution in [0.15, 0.2) is 24.3 Å². The fourth-order valence-corrected chi connectivity index (χ4v) is 4.24. The number of hydrogen-bond donors (Lipinski definition) is 1. The van der Waals surface area contributed by atoms with Crippen LogP contribution in [-0.2, 0) is 19.1 Å². The average molecular weight is 349 g/mol. The number of fused-ring (bicyclic) bond motifs is 1. The monoisotopic (exact) mass is 349 g/mol. The number of rotatable bonds is 4. The number of likely N-dealkylation sites (tertiary alicyclic amines) is 1. The van der Waals surface area contributed by atoms with E-state index in [-0.39, 0.29) is 12.5 Å². The predicted octanol–water partition coefficient (Wildman–Crippen LogP) is 0.387. The smallest absolute Gasteiger partial charge is 0.368 e. The summed E-state index contributed by atoms with van der Waals surface area (Å²) >= 11 is 0. The summed E-state index contributed by atoms with van der Waals surface area (Å²) in [5.41, 5.74) is -0.890. The molecule has 134 valence electrons. The lowest BCUT2D eigenvalue weighted by Gasteiger charge is -2.28. The van der Waals surface area contributed by atoms with Gasteiger partial charge in [0.05, 0.1) is 6.61 Å². The molecule has 0 unspecified atom stereocenters. The molecule has 0 radical (unpaired) electrons. The molecule has 2 amide bonds. The molecule has 25 heavy (non-hydrogen) atoms. The summed E-state index contributed by atoms with van der Waals surface area (Å²) < 4.78 is 19.6. The van der Waals surface area contributed by atoms with Gasteiger partial charge in [0.2, 0.25) is 17.4 Å². The Morgan fingerprint density at radius 1 is 1.28 bits per heavy atom. The number of imide groups is 1. The third kappa shape index (κ3) is 2.37. The summed E-state index contributed by atoms with van der Waals surface area (Å²) in [6.07, 6.45) is 0.310. The van der Waals surface area contributed by atoms with Crippen molar-refractivity contribution in [1.29, 1.82) is 0 Å². The van der Waals surface area contributed by atoms with Gasteiger partial charge >= 0.3 is 5.97 Å². The van der Waals surface area contributed by atoms with Crippen molar-refractivity contribution in [3.63, 3.8) is 0 Å². The number of quaternary nitrogens is 1. The highest BCUT2D eigenvalue weighted by Crippen LogP contribution is 2.45. The van der Waals surface area contributed by atoms with E-state index in [2.05, 4.69) is 0 Å². The summed E-state index contributed by atoms with van der Waals surface area (Å²) in [6.45, 7) is 3.65. The Labute approximate surface area is 145 Å². The van der Waals surface area contributed by atoms with Crippen LogP contribution in [0, 0.1) is 17.7 Å². The third-order valence-corrected chi connectivity index (χ3v) is 5.50. The maximum Gasteiger partial charge on any atom is 0.368 e. The van der Waals surface area contributed by atoms with Crippen LogP contribution in [-0.4, -0.2) is 41.9 Å². The topological polar surface area (TPSA) is 80.3 Å². The molecule has 6 nitrogen and oxygen atoms in total. The SMILES string of the molecule is CCOC(=O)[C@]1(CC)[NH2+][C@@H](c2ccccc2F)[C@H]2C(=O)N(C)C(=O)[C@@H]21. The van der Waals surface area contributed by atoms with Crippen molar-refractivity contribution in [3.05, 3.63) is 35.6 Å². The molecule has 0 spiro atoms. The lowest BCUT2D eigenvalue weighted by molar-refractivity contribution is -0.734. The fourth-order valence-electron chi connectivity index (χ4n) is 4.24. The summed E-state index contributed by atoms with van der Waals surface area (Å²) in [5, 5.41) is 1.67. The molecule has 7 heteroatoms. The first kappa shape index (κ1) is 17.5. The molecule has 0 saturated carbocycles. The minimum atomic E-state index is -1.22. The molecule has 3 rings (SSSR count). The van der Waals surface area contributed by atoms with Gasteiger partial charge in [-0.15, -0.1) is 0 Å². The molecule has 2 saturated heterocycles. The molecule has 1 aromatic carbocycles. The van der Waals surface area contributed by atoms with Gasteiger partial charge < -0.3 is 10.1 Å². The van der Waals surface area contributed by atoms with Crippen molar-refractivity contribution in [2.75, 3.05) is 13.7 Å². The largest absolute Gasteiger partial charge is 0.461 e. The number of ether oxygens (including phenoxy) is 1. The number of carbonyl (C=O) groups is 3. The van der Waals surface area contributed by atoms with Gasteiger partial charge in [-0.2, -0.15) is 0 Å². The second kappa shape index (κ2) is 6.22. The van der Waals surface area contributed by atoms with Gasteiger partial charge in [0.25, 0.3) is 0 Å². The first-order valence-electron chi connectivity index (χ1n) is 8.48. The second-order valence-corrected chi connectivity index (χ2v) is 6.57. The van der Waals surface area contributed by atoms with Crippen molar-refractivity contribution < 1.29 is 28.8 Å². The molecule has 2 fully saturated rings. The molecule has 2 aliphatic rings. The van der Waals surface area contributed by atoms with E-state index >= 15 is 0 Å². The Morgan fingerprint density at radius 2 is 1.96 bits per heavy atom. The van der Waals surface area contributed by atoms with Crippen molar-refractivity contribution in [3.8, 4) is 0 Å². The zero-order valence-corrected chi connectivity index (χ0v) is 14.5. The van der Waals surface area contributed by atoms with Crippen LogP contribution in [0.5, 0.6) is 0 Å². The molecule has 2 heterocycles. The highest BCUT2D eigenvalue weighted by atomic mass is 19.1. The van der Waals surface area contributed by atoms with E-state index in [1.807, 2.05) is 0 Å². The van der Waals surface area contributed by atoms with Gasteiger partial charge in [0.15, 0.2) is 0 Å². The molecule has 2 N–H and O–H groups in total. The van der Waals surface area contributed by atoms with Gasteiger partial charge in [-0.1, -0.05) is 25.1 Å². The maximum absolute atomic E-state index is 14.4. The number of nitrogens with two attached hydrogens (primary N) is 1. The second-order valence-electron chi connectivity index (χ2n) is 6.57. The van der Waals surface area contributed by atoms with E-state index < -0.39 is 41.1 Å². The molecule has 0 aromatic heterocycles. The van der Waals surface area contributed by atoms with Crippen molar-refractivity contribution >= 4 is 17.8 Å². The van der Waals surface area contributed by atoms with Crippen LogP contribution in [0.25, 0.3) is 0 Å². The van der Waals surface area contributed by atoms with E-state index in [9.17, 15) is 18.8 Å². The Morgan fingerprint density at radius 3 is 2.56 bits per heavy atom. The Balaban J connectivity index is 2.14. The zero-order valence-electron chi connectivity index (χ0n) is 14.5. The number of benzene rings is 1. The molecule has 4 atom stereocenters. The van der Waals surface area contributed by atoms with Crippen molar-refractivity contribution in [1.82, 2.24) is 4.90 Å². The fraction of sp³-hybridized carbons (Fsp3) is 0.500. The van der Waals surface area contributed by atoms with E-state index in [4.69, 9.17) is 4.74 Å². The lowest BCUT2D eigenvalue weighted by Crippen LogP contribution is -2.98. The molecule has 1 aromatic rings. The van der Waals surface area contributed by atoms with Crippen LogP contribution in [0.3, 0.4) is 0 Å². The number of nitrogens with zero attached hydrogens (tertiary/aromatic N) is 1. The minimum absolute atomic E-state index is 0.175. The Bertz CT molecular complexity index is 738. The molecule has 2 aliphatic heterocycles. The summed E-state index contributed by atoms with van der Waals surface area (Å²) in [5.74, 6) is -3.38. The van der Waals surface area contributed by atoms with E-state index in [0.717, 1.165) is 4.90 Å². The highest BCUT2D eigenvalue weighted by molar-refractivity contribution is 6.08. The summed E-state index contributed by atoms with van der Waals surface area (Å²) in [4.78, 5) is 39.2. The standard InChI is InChI=1S/C18H21FN2O4/c1-4-18(17(24)25-5-2)13-12(15(22)21(3)16(13)23)14(20-18)10-8-6-7-9-11(10)19/h6-9,12-14,20H,4-5H2,1-3H3/p+1/t12-,13+,14-,18+/m0/s1. The molecule has 0 aliphatic carbocycles. The first-order chi connectivity index (χ1) is 11.9. The van der Waals surface area contributed by atoms with Crippen LogP contribution in [0.2, 0.25) is 0 Å². The first-order valence-corrected chi connectivity index (χ1v) is 8.48.